The zero-order valence-corrected chi connectivity index (χ0v) is 11.4. The molecule has 0 saturated heterocycles. The third kappa shape index (κ3) is 2.40. The summed E-state index contributed by atoms with van der Waals surface area (Å²) in [4.78, 5) is 11.1. The van der Waals surface area contributed by atoms with E-state index in [1.54, 1.807) is 24.3 Å². The monoisotopic (exact) mass is 291 g/mol. The average molecular weight is 291 g/mol. The van der Waals surface area contributed by atoms with Crippen molar-refractivity contribution in [2.45, 2.75) is 0 Å². The van der Waals surface area contributed by atoms with Crippen molar-refractivity contribution in [3.05, 3.63) is 71.5 Å². The van der Waals surface area contributed by atoms with E-state index < -0.39 is 5.82 Å². The highest BCUT2D eigenvalue weighted by Gasteiger charge is 2.10. The summed E-state index contributed by atoms with van der Waals surface area (Å²) in [5.41, 5.74) is 0.772. The molecule has 3 aromatic carbocycles. The third-order valence-corrected chi connectivity index (χ3v) is 3.33. The summed E-state index contributed by atoms with van der Waals surface area (Å²) in [6.07, 6.45) is 0.772. The Morgan fingerprint density at radius 3 is 2.41 bits per heavy atom. The van der Waals surface area contributed by atoms with Gasteiger partial charge in [-0.05, 0) is 35.7 Å². The second-order valence-corrected chi connectivity index (χ2v) is 4.68. The number of halogens is 1. The molecule has 0 N–H and O–H groups in total. The Bertz CT molecular complexity index is 913. The van der Waals surface area contributed by atoms with E-state index in [4.69, 9.17) is 10.00 Å². The van der Waals surface area contributed by atoms with E-state index in [1.165, 1.54) is 12.1 Å². The molecule has 3 nitrogen and oxygen atoms in total. The molecule has 106 valence electrons. The lowest BCUT2D eigenvalue weighted by Gasteiger charge is -2.11. The number of carbonyl (C=O) groups is 1. The van der Waals surface area contributed by atoms with Crippen molar-refractivity contribution in [1.82, 2.24) is 0 Å². The number of nitrogens with zero attached hydrogens (tertiary/aromatic N) is 1. The third-order valence-electron chi connectivity index (χ3n) is 3.33. The van der Waals surface area contributed by atoms with Crippen molar-refractivity contribution in [3.8, 4) is 17.6 Å². The van der Waals surface area contributed by atoms with Gasteiger partial charge in [-0.2, -0.15) is 5.26 Å². The predicted octanol–water partition coefficient (Wildman–Crippen LogP) is 4.46. The van der Waals surface area contributed by atoms with Crippen LogP contribution in [-0.2, 0) is 0 Å². The molecule has 3 aromatic rings. The van der Waals surface area contributed by atoms with Gasteiger partial charge in [0.05, 0.1) is 11.6 Å². The predicted molar refractivity (Wildman–Crippen MR) is 80.5 cm³/mol. The summed E-state index contributed by atoms with van der Waals surface area (Å²) in [5.74, 6) is -0.129. The van der Waals surface area contributed by atoms with Crippen molar-refractivity contribution >= 4 is 17.1 Å². The Hall–Kier alpha value is -3.19. The first-order valence-electron chi connectivity index (χ1n) is 6.57. The SMILES string of the molecule is N#Cc1ccc(Oc2ccc(C=O)c3ccccc23)c(F)c1. The number of fused-ring (bicyclic) bond motifs is 1. The summed E-state index contributed by atoms with van der Waals surface area (Å²) in [5, 5.41) is 10.2. The lowest BCUT2D eigenvalue weighted by Crippen LogP contribution is -1.92. The van der Waals surface area contributed by atoms with E-state index in [0.717, 1.165) is 23.1 Å². The van der Waals surface area contributed by atoms with Crippen molar-refractivity contribution in [1.29, 1.82) is 5.26 Å². The van der Waals surface area contributed by atoms with Gasteiger partial charge >= 0.3 is 0 Å². The number of hydrogen-bond donors (Lipinski definition) is 0. The van der Waals surface area contributed by atoms with E-state index in [0.29, 0.717) is 11.3 Å². The fourth-order valence-corrected chi connectivity index (χ4v) is 2.26. The van der Waals surface area contributed by atoms with Crippen LogP contribution in [0.2, 0.25) is 0 Å². The fraction of sp³-hybridized carbons (Fsp3) is 0. The van der Waals surface area contributed by atoms with E-state index >= 15 is 0 Å². The molecule has 0 aliphatic heterocycles. The molecule has 0 unspecified atom stereocenters. The van der Waals surface area contributed by atoms with Crippen LogP contribution in [0.25, 0.3) is 10.8 Å². The number of carbonyl (C=O) groups excluding carboxylic acids is 1. The van der Waals surface area contributed by atoms with Crippen LogP contribution in [0.5, 0.6) is 11.5 Å². The van der Waals surface area contributed by atoms with Crippen LogP contribution in [0.3, 0.4) is 0 Å². The molecule has 0 heterocycles. The van der Waals surface area contributed by atoms with E-state index in [9.17, 15) is 9.18 Å². The highest BCUT2D eigenvalue weighted by Crippen LogP contribution is 2.32. The van der Waals surface area contributed by atoms with Crippen LogP contribution >= 0.6 is 0 Å². The smallest absolute Gasteiger partial charge is 0.167 e. The van der Waals surface area contributed by atoms with Crippen LogP contribution in [0.15, 0.2) is 54.6 Å². The Morgan fingerprint density at radius 2 is 1.73 bits per heavy atom. The largest absolute Gasteiger partial charge is 0.454 e. The molecule has 0 spiro atoms. The Labute approximate surface area is 126 Å². The van der Waals surface area contributed by atoms with Gasteiger partial charge in [0.2, 0.25) is 0 Å². The standard InChI is InChI=1S/C18H10FNO2/c19-16-9-12(10-20)5-7-18(16)22-17-8-6-13(11-21)14-3-1-2-4-15(14)17/h1-9,11H. The van der Waals surface area contributed by atoms with Crippen molar-refractivity contribution in [3.63, 3.8) is 0 Å². The van der Waals surface area contributed by atoms with Crippen LogP contribution in [0.1, 0.15) is 15.9 Å². The van der Waals surface area contributed by atoms with Crippen molar-refractivity contribution in [2.24, 2.45) is 0 Å². The molecule has 0 saturated carbocycles. The molecule has 0 amide bonds. The van der Waals surface area contributed by atoms with Gasteiger partial charge in [-0.15, -0.1) is 0 Å². The number of rotatable bonds is 3. The first-order chi connectivity index (χ1) is 10.7. The Kier molecular flexibility index (Phi) is 3.55. The summed E-state index contributed by atoms with van der Waals surface area (Å²) >= 11 is 0. The van der Waals surface area contributed by atoms with E-state index in [1.807, 2.05) is 18.2 Å². The number of benzene rings is 3. The second-order valence-electron chi connectivity index (χ2n) is 4.68. The first kappa shape index (κ1) is 13.8. The first-order valence-corrected chi connectivity index (χ1v) is 6.57. The van der Waals surface area contributed by atoms with Crippen LogP contribution in [-0.4, -0.2) is 6.29 Å². The number of ether oxygens (including phenoxy) is 1. The van der Waals surface area contributed by atoms with Crippen LogP contribution < -0.4 is 4.74 Å². The minimum atomic E-state index is -0.609. The summed E-state index contributed by atoms with van der Waals surface area (Å²) in [6, 6.07) is 16.4. The van der Waals surface area contributed by atoms with Crippen LogP contribution in [0.4, 0.5) is 4.39 Å². The molecule has 3 rings (SSSR count). The van der Waals surface area contributed by atoms with Gasteiger partial charge in [0.25, 0.3) is 0 Å². The van der Waals surface area contributed by atoms with E-state index in [-0.39, 0.29) is 11.3 Å². The molecule has 4 heteroatoms. The molecule has 0 radical (unpaired) electrons. The zero-order valence-electron chi connectivity index (χ0n) is 11.4. The Morgan fingerprint density at radius 1 is 1.00 bits per heavy atom. The molecule has 0 aromatic heterocycles. The summed E-state index contributed by atoms with van der Waals surface area (Å²) in [7, 11) is 0. The molecular weight excluding hydrogens is 281 g/mol. The fourth-order valence-electron chi connectivity index (χ4n) is 2.26. The van der Waals surface area contributed by atoms with Crippen molar-refractivity contribution in [2.75, 3.05) is 0 Å². The maximum atomic E-state index is 13.9. The minimum Gasteiger partial charge on any atom is -0.454 e. The molecule has 0 aliphatic rings. The summed E-state index contributed by atoms with van der Waals surface area (Å²) in [6.45, 7) is 0. The number of hydrogen-bond acceptors (Lipinski definition) is 3. The topological polar surface area (TPSA) is 50.1 Å². The van der Waals surface area contributed by atoms with Gasteiger partial charge in [-0.25, -0.2) is 4.39 Å². The normalized spacial score (nSPS) is 10.2. The molecule has 0 fully saturated rings. The number of nitriles is 1. The quantitative estimate of drug-likeness (QED) is 0.670. The summed E-state index contributed by atoms with van der Waals surface area (Å²) < 4.78 is 19.6. The second kappa shape index (κ2) is 5.66. The highest BCUT2D eigenvalue weighted by atomic mass is 19.1. The van der Waals surface area contributed by atoms with Crippen LogP contribution in [0, 0.1) is 17.1 Å². The van der Waals surface area contributed by atoms with Gasteiger partial charge in [0.15, 0.2) is 17.9 Å². The average Bonchev–Trinajstić information content (AvgIpc) is 2.56. The minimum absolute atomic E-state index is 0.0306. The van der Waals surface area contributed by atoms with Gasteiger partial charge in [-0.3, -0.25) is 4.79 Å². The lowest BCUT2D eigenvalue weighted by molar-refractivity contribution is 0.112. The Balaban J connectivity index is 2.09. The maximum Gasteiger partial charge on any atom is 0.167 e. The molecule has 0 aliphatic carbocycles. The maximum absolute atomic E-state index is 13.9. The molecule has 0 bridgehead atoms. The highest BCUT2D eigenvalue weighted by molar-refractivity contribution is 6.01. The van der Waals surface area contributed by atoms with Crippen molar-refractivity contribution < 1.29 is 13.9 Å². The van der Waals surface area contributed by atoms with Gasteiger partial charge < -0.3 is 4.74 Å². The van der Waals surface area contributed by atoms with E-state index in [2.05, 4.69) is 0 Å². The zero-order chi connectivity index (χ0) is 15.5. The lowest BCUT2D eigenvalue weighted by atomic mass is 10.0. The van der Waals surface area contributed by atoms with Gasteiger partial charge in [0, 0.05) is 10.9 Å². The number of aldehydes is 1. The van der Waals surface area contributed by atoms with Gasteiger partial charge in [0.1, 0.15) is 5.75 Å². The van der Waals surface area contributed by atoms with Gasteiger partial charge in [-0.1, -0.05) is 24.3 Å². The molecule has 22 heavy (non-hydrogen) atoms. The molecular formula is C18H10FNO2. The molecule has 0 atom stereocenters.